The molecule has 0 radical (unpaired) electrons. The van der Waals surface area contributed by atoms with Crippen LogP contribution in [0.15, 0.2) is 53.1 Å². The molecule has 0 fully saturated rings. The molecule has 0 spiro atoms. The zero-order valence-corrected chi connectivity index (χ0v) is 12.5. The van der Waals surface area contributed by atoms with Crippen LogP contribution >= 0.6 is 15.9 Å². The van der Waals surface area contributed by atoms with Crippen molar-refractivity contribution >= 4 is 32.5 Å². The van der Waals surface area contributed by atoms with E-state index in [0.29, 0.717) is 6.54 Å². The van der Waals surface area contributed by atoms with Gasteiger partial charge in [-0.15, -0.1) is 0 Å². The van der Waals surface area contributed by atoms with Crippen LogP contribution in [-0.2, 0) is 6.54 Å². The highest BCUT2D eigenvalue weighted by Crippen LogP contribution is 2.26. The van der Waals surface area contributed by atoms with Gasteiger partial charge in [0.1, 0.15) is 11.6 Å². The molecule has 1 aromatic heterocycles. The first-order valence-electron chi connectivity index (χ1n) is 6.36. The molecule has 0 unspecified atom stereocenters. The average molecular weight is 349 g/mol. The van der Waals surface area contributed by atoms with Crippen molar-refractivity contribution in [2.75, 3.05) is 5.32 Å². The van der Waals surface area contributed by atoms with Crippen LogP contribution in [-0.4, -0.2) is 4.98 Å². The van der Waals surface area contributed by atoms with Gasteiger partial charge in [0.25, 0.3) is 0 Å². The van der Waals surface area contributed by atoms with Crippen molar-refractivity contribution in [3.8, 4) is 0 Å². The second-order valence-electron chi connectivity index (χ2n) is 4.58. The third-order valence-corrected chi connectivity index (χ3v) is 3.89. The van der Waals surface area contributed by atoms with Gasteiger partial charge in [-0.25, -0.2) is 8.78 Å². The summed E-state index contributed by atoms with van der Waals surface area (Å²) in [4.78, 5) is 4.37. The molecule has 0 aliphatic carbocycles. The van der Waals surface area contributed by atoms with E-state index in [1.165, 1.54) is 12.1 Å². The number of nitrogens with zero attached hydrogens (tertiary/aromatic N) is 1. The van der Waals surface area contributed by atoms with Gasteiger partial charge in [0.2, 0.25) is 0 Å². The van der Waals surface area contributed by atoms with Crippen LogP contribution in [0.25, 0.3) is 10.9 Å². The molecule has 106 valence electrons. The van der Waals surface area contributed by atoms with Crippen molar-refractivity contribution in [1.82, 2.24) is 4.98 Å². The van der Waals surface area contributed by atoms with E-state index in [0.717, 1.165) is 27.0 Å². The molecule has 21 heavy (non-hydrogen) atoms. The highest BCUT2D eigenvalue weighted by molar-refractivity contribution is 9.10. The van der Waals surface area contributed by atoms with Crippen molar-refractivity contribution in [3.63, 3.8) is 0 Å². The van der Waals surface area contributed by atoms with Crippen molar-refractivity contribution < 1.29 is 8.78 Å². The molecule has 0 saturated carbocycles. The van der Waals surface area contributed by atoms with Gasteiger partial charge in [-0.2, -0.15) is 0 Å². The summed E-state index contributed by atoms with van der Waals surface area (Å²) >= 11 is 3.48. The maximum absolute atomic E-state index is 13.6. The minimum atomic E-state index is -0.607. The largest absolute Gasteiger partial charge is 0.379 e. The summed E-state index contributed by atoms with van der Waals surface area (Å²) in [6.45, 7) is 0.406. The van der Waals surface area contributed by atoms with E-state index >= 15 is 0 Å². The Balaban J connectivity index is 1.90. The number of hydrogen-bond acceptors (Lipinski definition) is 2. The third-order valence-electron chi connectivity index (χ3n) is 3.20. The lowest BCUT2D eigenvalue weighted by molar-refractivity contribution is 0.585. The van der Waals surface area contributed by atoms with Crippen molar-refractivity contribution in [2.24, 2.45) is 0 Å². The Morgan fingerprint density at radius 3 is 2.76 bits per heavy atom. The molecular formula is C16H11BrF2N2. The molecule has 0 saturated heterocycles. The number of anilines is 1. The van der Waals surface area contributed by atoms with Crippen LogP contribution < -0.4 is 5.32 Å². The molecule has 5 heteroatoms. The van der Waals surface area contributed by atoms with Gasteiger partial charge in [-0.1, -0.05) is 28.1 Å². The summed E-state index contributed by atoms with van der Waals surface area (Å²) in [5, 5.41) is 3.97. The van der Waals surface area contributed by atoms with E-state index in [1.807, 2.05) is 24.3 Å². The van der Waals surface area contributed by atoms with Crippen LogP contribution in [0.2, 0.25) is 0 Å². The number of hydrogen-bond donors (Lipinski definition) is 1. The first-order chi connectivity index (χ1) is 10.1. The van der Waals surface area contributed by atoms with Gasteiger partial charge in [0.15, 0.2) is 0 Å². The Hall–Kier alpha value is -2.01. The highest BCUT2D eigenvalue weighted by Gasteiger charge is 2.07. The monoisotopic (exact) mass is 348 g/mol. The molecule has 0 bridgehead atoms. The van der Waals surface area contributed by atoms with E-state index < -0.39 is 11.6 Å². The fourth-order valence-corrected chi connectivity index (χ4v) is 2.61. The van der Waals surface area contributed by atoms with E-state index in [4.69, 9.17) is 0 Å². The van der Waals surface area contributed by atoms with Gasteiger partial charge >= 0.3 is 0 Å². The first kappa shape index (κ1) is 13.9. The predicted molar refractivity (Wildman–Crippen MR) is 83.1 cm³/mol. The Morgan fingerprint density at radius 1 is 1.10 bits per heavy atom. The normalized spacial score (nSPS) is 10.8. The molecule has 2 aromatic carbocycles. The molecule has 3 aromatic rings. The molecule has 1 N–H and O–H groups in total. The zero-order chi connectivity index (χ0) is 14.8. The fourth-order valence-electron chi connectivity index (χ4n) is 2.16. The van der Waals surface area contributed by atoms with Crippen LogP contribution in [0.5, 0.6) is 0 Å². The Labute approximate surface area is 129 Å². The van der Waals surface area contributed by atoms with Gasteiger partial charge in [0, 0.05) is 28.7 Å². The van der Waals surface area contributed by atoms with Gasteiger partial charge in [-0.3, -0.25) is 4.98 Å². The van der Waals surface area contributed by atoms with Crippen molar-refractivity contribution in [2.45, 2.75) is 6.54 Å². The molecule has 0 atom stereocenters. The van der Waals surface area contributed by atoms with E-state index in [9.17, 15) is 8.78 Å². The molecule has 2 nitrogen and oxygen atoms in total. The fraction of sp³-hybridized carbons (Fsp3) is 0.0625. The smallest absolute Gasteiger partial charge is 0.149 e. The number of rotatable bonds is 3. The summed E-state index contributed by atoms with van der Waals surface area (Å²) < 4.78 is 27.4. The quantitative estimate of drug-likeness (QED) is 0.728. The van der Waals surface area contributed by atoms with Gasteiger partial charge in [0.05, 0.1) is 11.2 Å². The summed E-state index contributed by atoms with van der Waals surface area (Å²) in [5.41, 5.74) is 2.06. The van der Waals surface area contributed by atoms with Crippen molar-refractivity contribution in [1.29, 1.82) is 0 Å². The van der Waals surface area contributed by atoms with Crippen molar-refractivity contribution in [3.05, 3.63) is 70.3 Å². The van der Waals surface area contributed by atoms with Gasteiger partial charge < -0.3 is 5.32 Å². The number of fused-ring (bicyclic) bond motifs is 1. The third kappa shape index (κ3) is 2.88. The molecule has 0 aliphatic rings. The maximum atomic E-state index is 13.6. The van der Waals surface area contributed by atoms with Gasteiger partial charge in [-0.05, 0) is 29.8 Å². The second kappa shape index (κ2) is 5.77. The minimum absolute atomic E-state index is 0.267. The summed E-state index contributed by atoms with van der Waals surface area (Å²) in [6.07, 6.45) is 1.72. The molecular weight excluding hydrogens is 338 g/mol. The lowest BCUT2D eigenvalue weighted by Gasteiger charge is -2.10. The van der Waals surface area contributed by atoms with Crippen LogP contribution in [0.4, 0.5) is 14.5 Å². The minimum Gasteiger partial charge on any atom is -0.379 e. The SMILES string of the molecule is Fc1ccc(NCc2ccc(Br)c3cccnc23)c(F)c1. The van der Waals surface area contributed by atoms with E-state index in [1.54, 1.807) is 6.20 Å². The highest BCUT2D eigenvalue weighted by atomic mass is 79.9. The molecule has 3 rings (SSSR count). The average Bonchev–Trinajstić information content (AvgIpc) is 2.48. The molecule has 0 amide bonds. The van der Waals surface area contributed by atoms with Crippen LogP contribution in [0.1, 0.15) is 5.56 Å². The predicted octanol–water partition coefficient (Wildman–Crippen LogP) is 4.89. The Morgan fingerprint density at radius 2 is 1.95 bits per heavy atom. The molecule has 0 aliphatic heterocycles. The second-order valence-corrected chi connectivity index (χ2v) is 5.44. The first-order valence-corrected chi connectivity index (χ1v) is 7.15. The van der Waals surface area contributed by atoms with Crippen LogP contribution in [0.3, 0.4) is 0 Å². The van der Waals surface area contributed by atoms with E-state index in [-0.39, 0.29) is 5.69 Å². The number of nitrogens with one attached hydrogen (secondary N) is 1. The topological polar surface area (TPSA) is 24.9 Å². The van der Waals surface area contributed by atoms with E-state index in [2.05, 4.69) is 26.2 Å². The summed E-state index contributed by atoms with van der Waals surface area (Å²) in [7, 11) is 0. The Kier molecular flexibility index (Phi) is 3.84. The summed E-state index contributed by atoms with van der Waals surface area (Å²) in [6, 6.07) is 11.2. The number of benzene rings is 2. The number of aromatic nitrogens is 1. The standard InChI is InChI=1S/C16H11BrF2N2/c17-13-5-3-10(16-12(13)2-1-7-20-16)9-21-15-6-4-11(18)8-14(15)19/h1-8,21H,9H2. The zero-order valence-electron chi connectivity index (χ0n) is 10.9. The Bertz CT molecular complexity index is 805. The number of halogens is 3. The number of pyridine rings is 1. The maximum Gasteiger partial charge on any atom is 0.149 e. The summed E-state index contributed by atoms with van der Waals surface area (Å²) in [5.74, 6) is -1.20. The lowest BCUT2D eigenvalue weighted by atomic mass is 10.1. The molecule has 1 heterocycles. The van der Waals surface area contributed by atoms with Crippen LogP contribution in [0, 0.1) is 11.6 Å². The lowest BCUT2D eigenvalue weighted by Crippen LogP contribution is -2.03.